The van der Waals surface area contributed by atoms with Gasteiger partial charge >= 0.3 is 23.9 Å². The molecule has 25 nitrogen and oxygen atoms in total. The number of pyridine rings is 3. The van der Waals surface area contributed by atoms with Crippen molar-refractivity contribution in [1.29, 1.82) is 0 Å². The molecule has 20 rings (SSSR count). The molecule has 0 spiro atoms. The van der Waals surface area contributed by atoms with Crippen LogP contribution in [0.2, 0.25) is 0 Å². The van der Waals surface area contributed by atoms with Crippen LogP contribution in [0.3, 0.4) is 0 Å². The number of thiazole rings is 3. The van der Waals surface area contributed by atoms with Crippen molar-refractivity contribution in [2.45, 2.75) is 98.9 Å². The predicted molar refractivity (Wildman–Crippen MR) is 563 cm³/mol. The summed E-state index contributed by atoms with van der Waals surface area (Å²) in [6.45, 7) is 18.2. The van der Waals surface area contributed by atoms with Crippen LogP contribution in [0.15, 0.2) is 306 Å². The van der Waals surface area contributed by atoms with Gasteiger partial charge in [-0.05, 0) is 240 Å². The first-order chi connectivity index (χ1) is 69.6. The molecule has 736 valence electrons. The zero-order chi connectivity index (χ0) is 101. The van der Waals surface area contributed by atoms with E-state index in [1.807, 2.05) is 182 Å². The normalized spacial score (nSPS) is 14.2. The Bertz CT molecular complexity index is 7730. The van der Waals surface area contributed by atoms with E-state index < -0.39 is 34.7 Å². The van der Waals surface area contributed by atoms with E-state index in [0.717, 1.165) is 187 Å². The van der Waals surface area contributed by atoms with Crippen LogP contribution in [0.25, 0.3) is 92.8 Å². The number of hydrogen-bond donors (Lipinski definition) is 2. The van der Waals surface area contributed by atoms with Crippen molar-refractivity contribution >= 4 is 132 Å². The zero-order valence-corrected chi connectivity index (χ0v) is 84.7. The number of rotatable bonds is 25. The highest BCUT2D eigenvalue weighted by atomic mass is 79.9. The van der Waals surface area contributed by atoms with Crippen LogP contribution in [0.1, 0.15) is 113 Å². The summed E-state index contributed by atoms with van der Waals surface area (Å²) in [7, 11) is 0. The molecule has 0 radical (unpaired) electrons. The second-order valence-corrected chi connectivity index (χ2v) is 39.3. The second kappa shape index (κ2) is 47.8. The Morgan fingerprint density at radius 1 is 0.403 bits per heavy atom. The number of aryl methyl sites for hydroxylation is 3. The molecule has 0 aliphatic carbocycles. The lowest BCUT2D eigenvalue weighted by Gasteiger charge is -2.20. The first-order valence-corrected chi connectivity index (χ1v) is 50.5. The van der Waals surface area contributed by atoms with Crippen molar-refractivity contribution in [2.75, 3.05) is 68.9 Å². The Balaban J connectivity index is 0.000000135. The molecule has 0 saturated carbocycles. The summed E-state index contributed by atoms with van der Waals surface area (Å²) in [6, 6.07) is 73.4. The van der Waals surface area contributed by atoms with Crippen LogP contribution in [-0.4, -0.2) is 135 Å². The maximum atomic E-state index is 13.2. The lowest BCUT2D eigenvalue weighted by molar-refractivity contribution is 0.0513. The fourth-order valence-electron chi connectivity index (χ4n) is 16.5. The molecule has 17 aromatic rings. The Hall–Kier alpha value is -14.3. The van der Waals surface area contributed by atoms with Crippen LogP contribution in [0.4, 0.5) is 24.5 Å². The molecule has 3 aliphatic rings. The summed E-state index contributed by atoms with van der Waals surface area (Å²) in [6.07, 6.45) is 9.00. The van der Waals surface area contributed by atoms with E-state index in [1.54, 1.807) is 108 Å². The lowest BCUT2D eigenvalue weighted by atomic mass is 10.1. The number of nitrogens with zero attached hydrogens (tertiary/aromatic N) is 8. The molecule has 10 aromatic carbocycles. The quantitative estimate of drug-likeness (QED) is 0.0397. The number of esters is 3. The largest absolute Gasteiger partial charge is 0.477 e. The smallest absolute Gasteiger partial charge is 0.345 e. The monoisotopic (exact) mass is 2120 g/mol. The third-order valence-electron chi connectivity index (χ3n) is 23.8. The molecule has 0 amide bonds. The molecule has 3 fully saturated rings. The van der Waals surface area contributed by atoms with E-state index in [4.69, 9.17) is 32.8 Å². The lowest BCUT2D eigenvalue weighted by Crippen LogP contribution is -2.22. The number of carboxylic acid groups (broad SMARTS) is 1. The minimum absolute atomic E-state index is 0.00768. The van der Waals surface area contributed by atoms with Gasteiger partial charge in [-0.3, -0.25) is 19.2 Å². The van der Waals surface area contributed by atoms with Crippen LogP contribution in [-0.2, 0) is 48.2 Å². The molecule has 0 bridgehead atoms. The fraction of sp³-hybridized carbons (Fsp3) is 0.216. The van der Waals surface area contributed by atoms with Crippen LogP contribution in [0, 0.1) is 38.2 Å². The number of aromatic nitrogens is 6. The Morgan fingerprint density at radius 2 is 0.729 bits per heavy atom. The first-order valence-electron chi connectivity index (χ1n) is 46.5. The molecule has 0 unspecified atom stereocenters. The molecule has 2 N–H and O–H groups in total. The number of hydrogen-bond acceptors (Lipinski definition) is 24. The van der Waals surface area contributed by atoms with E-state index in [0.29, 0.717) is 48.8 Å². The van der Waals surface area contributed by atoms with Gasteiger partial charge < -0.3 is 66.8 Å². The number of ether oxygens (including phenoxy) is 6. The van der Waals surface area contributed by atoms with Gasteiger partial charge in [0.1, 0.15) is 51.7 Å². The minimum atomic E-state index is -1.26. The van der Waals surface area contributed by atoms with Gasteiger partial charge in [0.15, 0.2) is 21.7 Å². The number of carbonyl (C=O) groups excluding carboxylic acids is 3. The molecule has 3 aliphatic heterocycles. The van der Waals surface area contributed by atoms with Gasteiger partial charge in [0.2, 0.25) is 0 Å². The molecular weight excluding hydrogens is 2030 g/mol. The maximum absolute atomic E-state index is 13.2. The zero-order valence-electron chi connectivity index (χ0n) is 79.1. The summed E-state index contributed by atoms with van der Waals surface area (Å²) in [4.78, 5) is 116. The number of aromatic carboxylic acids is 1. The molecule has 33 heteroatoms. The van der Waals surface area contributed by atoms with Crippen LogP contribution >= 0.6 is 65.9 Å². The number of fused-ring (bicyclic) bond motifs is 3. The minimum Gasteiger partial charge on any atom is -0.477 e. The van der Waals surface area contributed by atoms with Crippen molar-refractivity contribution in [3.63, 3.8) is 0 Å². The van der Waals surface area contributed by atoms with E-state index in [-0.39, 0.29) is 82.6 Å². The topological polar surface area (TPSA) is 297 Å². The predicted octanol–water partition coefficient (Wildman–Crippen LogP) is 22.9. The first kappa shape index (κ1) is 103. The summed E-state index contributed by atoms with van der Waals surface area (Å²) in [5, 5.41) is 15.7. The van der Waals surface area contributed by atoms with Gasteiger partial charge in [-0.1, -0.05) is 117 Å². The summed E-state index contributed by atoms with van der Waals surface area (Å²) in [5.41, 5.74) is 13.2. The van der Waals surface area contributed by atoms with E-state index >= 15 is 0 Å². The molecular formula is C111H98Br2F3N9O16S3. The van der Waals surface area contributed by atoms with Gasteiger partial charge in [-0.25, -0.2) is 47.3 Å². The SMILES string of the molecule is CCOC(=O)c1cn(-c2ccc3nc(C)sc3c2)c(-c2ccc(Br)cc2)cc1=O.CCOC(=O)c1cn(-c2ccc3nc(C)sc3c2)c(-c2ccc(N3CC[C@@H](OCc4ccc(F)cc4)C3)cc2)cc1=O.CCOC(=O)c1coc(-c2ccc(Br)cc2)cc1=O.Cc1nc2ccc(-n3cc(C(=O)O)c(=O)cc3-c3ccc(N4CC[C@@H](OCc5ccc(F)cc5)C4)cc3)cc2s1.Fc1ccc(CO[C@@H]2CCNC2)cc1. The number of anilines is 2. The van der Waals surface area contributed by atoms with Crippen LogP contribution in [0.5, 0.6) is 0 Å². The highest BCUT2D eigenvalue weighted by Crippen LogP contribution is 2.36. The van der Waals surface area contributed by atoms with Crippen molar-refractivity contribution in [3.05, 3.63) is 395 Å². The number of halogens is 5. The van der Waals surface area contributed by atoms with Crippen LogP contribution < -0.4 is 36.8 Å². The number of carboxylic acids is 1. The molecule has 144 heavy (non-hydrogen) atoms. The van der Waals surface area contributed by atoms with Crippen molar-refractivity contribution < 1.29 is 70.3 Å². The van der Waals surface area contributed by atoms with E-state index in [2.05, 4.69) is 61.9 Å². The Labute approximate surface area is 854 Å². The number of nitrogens with one attached hydrogen (secondary N) is 1. The van der Waals surface area contributed by atoms with E-state index in [1.165, 1.54) is 66.9 Å². The standard InChI is InChI=1S/C33H30FN3O4S.C31H26FN3O4S.C22H17BrN2O3S.C14H11BrO4.C11H14FNO/c1-3-40-33(39)28-19-37(26-12-13-29-32(16-26)42-21(2)35-29)30(17-31(28)38)23-6-10-25(11-7-23)36-15-14-27(18-36)41-20-22-4-8-24(34)9-5-22;1-19-33-27-11-10-24(14-30(27)40-19)35-17-26(31(37)38)29(36)15-28(35)21-4-8-23(9-5-21)34-13-12-25(16-34)39-18-20-2-6-22(32)7-3-20;1-3-28-22(27)17-12-25(16-8-9-18-21(10-16)29-13(2)24-18)19(11-20(17)26)14-4-6-15(23)7-5-14;1-2-18-14(17)11-8-19-13(7-12(11)16)9-3-5-10(15)6-4-9;12-10-3-1-9(2-4-10)8-14-11-5-6-13-7-11/h4-13,16-17,19,27H,3,14-15,18,20H2,1-2H3;2-11,14-15,17,25H,12-13,16,18H2,1H3,(H,37,38);4-12H,3H2,1-2H3;3-8H,2H2,1H3;1-4,11,13H,5-8H2/t27-;25-;;;11-/m11..1/s1. The van der Waals surface area contributed by atoms with Crippen molar-refractivity contribution in [1.82, 2.24) is 34.0 Å². The fourth-order valence-corrected chi connectivity index (χ4v) is 19.6. The number of benzene rings is 10. The second-order valence-electron chi connectivity index (χ2n) is 33.8. The summed E-state index contributed by atoms with van der Waals surface area (Å²) >= 11 is 11.5. The highest BCUT2D eigenvalue weighted by Gasteiger charge is 2.28. The average Bonchev–Trinajstić information content (AvgIpc) is 1.24. The van der Waals surface area contributed by atoms with Gasteiger partial charge in [0, 0.05) is 119 Å². The molecule has 7 aromatic heterocycles. The third-order valence-corrected chi connectivity index (χ3v) is 27.7. The van der Waals surface area contributed by atoms with Crippen molar-refractivity contribution in [2.24, 2.45) is 0 Å². The van der Waals surface area contributed by atoms with Gasteiger partial charge in [0.05, 0.1) is 121 Å². The third kappa shape index (κ3) is 26.0. The maximum Gasteiger partial charge on any atom is 0.345 e. The Morgan fingerprint density at radius 3 is 1.08 bits per heavy atom. The Kier molecular flexibility index (Phi) is 34.0. The molecule has 10 heterocycles. The van der Waals surface area contributed by atoms with Gasteiger partial charge in [-0.2, -0.15) is 0 Å². The molecule has 3 atom stereocenters. The van der Waals surface area contributed by atoms with E-state index in [9.17, 15) is 56.6 Å². The summed E-state index contributed by atoms with van der Waals surface area (Å²) in [5.74, 6) is -3.50. The van der Waals surface area contributed by atoms with Gasteiger partial charge in [0.25, 0.3) is 0 Å². The van der Waals surface area contributed by atoms with Crippen molar-refractivity contribution in [3.8, 4) is 62.2 Å². The average molecular weight is 2130 g/mol. The van der Waals surface area contributed by atoms with Gasteiger partial charge in [-0.15, -0.1) is 34.0 Å². The highest BCUT2D eigenvalue weighted by molar-refractivity contribution is 9.10. The molecule has 3 saturated heterocycles. The number of carbonyl (C=O) groups is 4. The summed E-state index contributed by atoms with van der Waals surface area (Å²) < 4.78 is 87.4.